The van der Waals surface area contributed by atoms with Crippen LogP contribution in [0, 0.1) is 5.92 Å². The normalized spacial score (nSPS) is 20.1. The molecule has 1 aromatic carbocycles. The number of sulfonamides is 1. The molecule has 7 heteroatoms. The van der Waals surface area contributed by atoms with Crippen LogP contribution in [0.2, 0.25) is 0 Å². The Kier molecular flexibility index (Phi) is 5.56. The van der Waals surface area contributed by atoms with Crippen molar-refractivity contribution in [3.05, 3.63) is 53.4 Å². The maximum atomic E-state index is 12.7. The number of nitrogens with one attached hydrogen (secondary N) is 1. The van der Waals surface area contributed by atoms with E-state index in [2.05, 4.69) is 5.32 Å². The van der Waals surface area contributed by atoms with Crippen LogP contribution in [0.1, 0.15) is 31.4 Å². The molecule has 0 saturated carbocycles. The van der Waals surface area contributed by atoms with Gasteiger partial charge in [-0.05, 0) is 36.8 Å². The summed E-state index contributed by atoms with van der Waals surface area (Å²) < 4.78 is 27.1. The fourth-order valence-corrected chi connectivity index (χ4v) is 5.74. The standard InChI is InChI=1S/C18H22N2O3S2/c1-14(15-7-3-2-4-8-15)19-18(21)16-9-5-11-20(13-16)25(22,23)17-10-6-12-24-17/h2-4,6-8,10,12,14,16H,5,9,11,13H2,1H3,(H,19,21)/t14-,16-/m1/s1. The van der Waals surface area contributed by atoms with Gasteiger partial charge in [-0.25, -0.2) is 8.42 Å². The second kappa shape index (κ2) is 7.68. The number of piperidine rings is 1. The lowest BCUT2D eigenvalue weighted by molar-refractivity contribution is -0.126. The number of benzene rings is 1. The van der Waals surface area contributed by atoms with Gasteiger partial charge in [-0.2, -0.15) is 4.31 Å². The second-order valence-electron chi connectivity index (χ2n) is 6.28. The van der Waals surface area contributed by atoms with Gasteiger partial charge < -0.3 is 5.32 Å². The van der Waals surface area contributed by atoms with E-state index in [0.717, 1.165) is 5.56 Å². The Balaban J connectivity index is 1.66. The van der Waals surface area contributed by atoms with E-state index < -0.39 is 10.0 Å². The van der Waals surface area contributed by atoms with Crippen LogP contribution in [0.4, 0.5) is 0 Å². The Bertz CT molecular complexity index is 804. The molecule has 2 atom stereocenters. The molecule has 1 aromatic heterocycles. The number of hydrogen-bond acceptors (Lipinski definition) is 4. The highest BCUT2D eigenvalue weighted by Crippen LogP contribution is 2.26. The number of thiophene rings is 1. The maximum absolute atomic E-state index is 12.7. The van der Waals surface area contributed by atoms with Crippen LogP contribution >= 0.6 is 11.3 Å². The molecule has 1 N–H and O–H groups in total. The van der Waals surface area contributed by atoms with Gasteiger partial charge in [-0.1, -0.05) is 36.4 Å². The third-order valence-corrected chi connectivity index (χ3v) is 7.74. The molecule has 1 saturated heterocycles. The minimum Gasteiger partial charge on any atom is -0.349 e. The van der Waals surface area contributed by atoms with Gasteiger partial charge in [-0.15, -0.1) is 11.3 Å². The molecule has 134 valence electrons. The molecule has 2 aromatic rings. The van der Waals surface area contributed by atoms with E-state index in [-0.39, 0.29) is 24.4 Å². The molecule has 0 spiro atoms. The fraction of sp³-hybridized carbons (Fsp3) is 0.389. The fourth-order valence-electron chi connectivity index (χ4n) is 3.07. The van der Waals surface area contributed by atoms with Crippen LogP contribution in [-0.4, -0.2) is 31.7 Å². The molecule has 0 aliphatic carbocycles. The number of carbonyl (C=O) groups excluding carboxylic acids is 1. The van der Waals surface area contributed by atoms with Crippen molar-refractivity contribution in [2.75, 3.05) is 13.1 Å². The summed E-state index contributed by atoms with van der Waals surface area (Å²) in [7, 11) is -3.49. The van der Waals surface area contributed by atoms with Crippen LogP contribution in [0.3, 0.4) is 0 Å². The van der Waals surface area contributed by atoms with Crippen molar-refractivity contribution in [1.29, 1.82) is 0 Å². The highest BCUT2D eigenvalue weighted by Gasteiger charge is 2.34. The van der Waals surface area contributed by atoms with Gasteiger partial charge in [0.25, 0.3) is 10.0 Å². The molecule has 3 rings (SSSR count). The van der Waals surface area contributed by atoms with Gasteiger partial charge in [0.2, 0.25) is 5.91 Å². The summed E-state index contributed by atoms with van der Waals surface area (Å²) in [6, 6.07) is 13.0. The number of carbonyl (C=O) groups is 1. The van der Waals surface area contributed by atoms with Gasteiger partial charge in [0, 0.05) is 13.1 Å². The average Bonchev–Trinajstić information content (AvgIpc) is 3.18. The Morgan fingerprint density at radius 2 is 2.00 bits per heavy atom. The van der Waals surface area contributed by atoms with Crippen LogP contribution in [0.25, 0.3) is 0 Å². The highest BCUT2D eigenvalue weighted by atomic mass is 32.2. The quantitative estimate of drug-likeness (QED) is 0.870. The van der Waals surface area contributed by atoms with Crippen molar-refractivity contribution < 1.29 is 13.2 Å². The van der Waals surface area contributed by atoms with Crippen molar-refractivity contribution in [1.82, 2.24) is 9.62 Å². The lowest BCUT2D eigenvalue weighted by Gasteiger charge is -2.31. The monoisotopic (exact) mass is 378 g/mol. The Hall–Kier alpha value is -1.70. The van der Waals surface area contributed by atoms with Gasteiger partial charge in [-0.3, -0.25) is 4.79 Å². The summed E-state index contributed by atoms with van der Waals surface area (Å²) in [5.74, 6) is -0.392. The largest absolute Gasteiger partial charge is 0.349 e. The van der Waals surface area contributed by atoms with E-state index in [1.54, 1.807) is 17.5 Å². The third-order valence-electron chi connectivity index (χ3n) is 4.50. The van der Waals surface area contributed by atoms with E-state index in [4.69, 9.17) is 0 Å². The maximum Gasteiger partial charge on any atom is 0.252 e. The lowest BCUT2D eigenvalue weighted by atomic mass is 9.98. The lowest BCUT2D eigenvalue weighted by Crippen LogP contribution is -2.45. The molecule has 0 bridgehead atoms. The van der Waals surface area contributed by atoms with Gasteiger partial charge in [0.05, 0.1) is 12.0 Å². The summed E-state index contributed by atoms with van der Waals surface area (Å²) in [6.07, 6.45) is 1.41. The zero-order valence-corrected chi connectivity index (χ0v) is 15.7. The van der Waals surface area contributed by atoms with E-state index in [0.29, 0.717) is 23.6 Å². The smallest absolute Gasteiger partial charge is 0.252 e. The minimum atomic E-state index is -3.49. The van der Waals surface area contributed by atoms with Gasteiger partial charge in [0.15, 0.2) is 0 Å². The van der Waals surface area contributed by atoms with Gasteiger partial charge in [0.1, 0.15) is 4.21 Å². The molecule has 1 amide bonds. The molecule has 5 nitrogen and oxygen atoms in total. The molecule has 1 aliphatic rings. The summed E-state index contributed by atoms with van der Waals surface area (Å²) in [5.41, 5.74) is 1.04. The first-order valence-corrected chi connectivity index (χ1v) is 10.7. The molecule has 0 unspecified atom stereocenters. The SMILES string of the molecule is C[C@@H](NC(=O)[C@@H]1CCCN(S(=O)(=O)c2cccs2)C1)c1ccccc1. The predicted octanol–water partition coefficient (Wildman–Crippen LogP) is 3.03. The first-order valence-electron chi connectivity index (χ1n) is 8.37. The molecular formula is C18H22N2O3S2. The second-order valence-corrected chi connectivity index (χ2v) is 9.39. The minimum absolute atomic E-state index is 0.0811. The summed E-state index contributed by atoms with van der Waals surface area (Å²) in [5, 5.41) is 4.77. The highest BCUT2D eigenvalue weighted by molar-refractivity contribution is 7.91. The molecule has 1 fully saturated rings. The molecule has 2 heterocycles. The number of hydrogen-bond donors (Lipinski definition) is 1. The topological polar surface area (TPSA) is 66.5 Å². The van der Waals surface area contributed by atoms with E-state index in [9.17, 15) is 13.2 Å². The van der Waals surface area contributed by atoms with Crippen molar-refractivity contribution >= 4 is 27.3 Å². The van der Waals surface area contributed by atoms with E-state index in [1.807, 2.05) is 37.3 Å². The van der Waals surface area contributed by atoms with Gasteiger partial charge >= 0.3 is 0 Å². The molecular weight excluding hydrogens is 356 g/mol. The Morgan fingerprint density at radius 1 is 1.24 bits per heavy atom. The van der Waals surface area contributed by atoms with Crippen LogP contribution in [-0.2, 0) is 14.8 Å². The zero-order valence-electron chi connectivity index (χ0n) is 14.1. The Morgan fingerprint density at radius 3 is 2.68 bits per heavy atom. The summed E-state index contributed by atoms with van der Waals surface area (Å²) >= 11 is 1.21. The van der Waals surface area contributed by atoms with E-state index >= 15 is 0 Å². The van der Waals surface area contributed by atoms with Crippen molar-refractivity contribution in [2.45, 2.75) is 30.0 Å². The molecule has 0 radical (unpaired) electrons. The average molecular weight is 379 g/mol. The number of nitrogens with zero attached hydrogens (tertiary/aromatic N) is 1. The van der Waals surface area contributed by atoms with Crippen molar-refractivity contribution in [2.24, 2.45) is 5.92 Å². The summed E-state index contributed by atoms with van der Waals surface area (Å²) in [4.78, 5) is 12.6. The van der Waals surface area contributed by atoms with Crippen molar-refractivity contribution in [3.8, 4) is 0 Å². The van der Waals surface area contributed by atoms with E-state index in [1.165, 1.54) is 15.6 Å². The molecule has 25 heavy (non-hydrogen) atoms. The van der Waals surface area contributed by atoms with Crippen LogP contribution in [0.15, 0.2) is 52.1 Å². The van der Waals surface area contributed by atoms with Crippen molar-refractivity contribution in [3.63, 3.8) is 0 Å². The Labute approximate surface area is 152 Å². The third kappa shape index (κ3) is 4.11. The first kappa shape index (κ1) is 18.1. The predicted molar refractivity (Wildman–Crippen MR) is 98.8 cm³/mol. The number of amides is 1. The summed E-state index contributed by atoms with van der Waals surface area (Å²) in [6.45, 7) is 2.65. The van der Waals surface area contributed by atoms with Crippen LogP contribution in [0.5, 0.6) is 0 Å². The first-order chi connectivity index (χ1) is 12.0. The zero-order chi connectivity index (χ0) is 17.9. The number of rotatable bonds is 5. The van der Waals surface area contributed by atoms with Crippen LogP contribution < -0.4 is 5.32 Å². The molecule has 1 aliphatic heterocycles.